The largest absolute Gasteiger partial charge is 0.492 e. The van der Waals surface area contributed by atoms with Crippen LogP contribution in [0, 0.1) is 6.92 Å². The average Bonchev–Trinajstić information content (AvgIpc) is 3.15. The molecule has 0 bridgehead atoms. The van der Waals surface area contributed by atoms with E-state index in [2.05, 4.69) is 5.32 Å². The van der Waals surface area contributed by atoms with Gasteiger partial charge in [0.05, 0.1) is 23.4 Å². The molecule has 2 aliphatic rings. The van der Waals surface area contributed by atoms with Crippen LogP contribution >= 0.6 is 0 Å². The van der Waals surface area contributed by atoms with Crippen molar-refractivity contribution in [1.29, 1.82) is 0 Å². The number of benzene rings is 3. The number of fused-ring (bicyclic) bond motifs is 2. The summed E-state index contributed by atoms with van der Waals surface area (Å²) >= 11 is 0. The van der Waals surface area contributed by atoms with Gasteiger partial charge in [-0.05, 0) is 55.3 Å². The van der Waals surface area contributed by atoms with Crippen molar-refractivity contribution in [3.8, 4) is 11.5 Å². The van der Waals surface area contributed by atoms with E-state index in [1.807, 2.05) is 31.2 Å². The zero-order valence-corrected chi connectivity index (χ0v) is 20.9. The number of carbonyl (C=O) groups excluding carboxylic acids is 4. The average molecular weight is 514 g/mol. The van der Waals surface area contributed by atoms with Crippen LogP contribution < -0.4 is 19.7 Å². The van der Waals surface area contributed by atoms with Gasteiger partial charge in [0.1, 0.15) is 18.1 Å². The summed E-state index contributed by atoms with van der Waals surface area (Å²) in [5.41, 5.74) is 3.02. The molecular weight excluding hydrogens is 486 g/mol. The molecule has 0 atom stereocenters. The first kappa shape index (κ1) is 25.0. The van der Waals surface area contributed by atoms with Crippen LogP contribution in [0.5, 0.6) is 11.5 Å². The summed E-state index contributed by atoms with van der Waals surface area (Å²) in [6.45, 7) is 2.72. The van der Waals surface area contributed by atoms with Gasteiger partial charge in [-0.3, -0.25) is 24.1 Å². The van der Waals surface area contributed by atoms with Crippen molar-refractivity contribution in [3.05, 3.63) is 83.4 Å². The highest BCUT2D eigenvalue weighted by Crippen LogP contribution is 2.34. The van der Waals surface area contributed by atoms with Gasteiger partial charge in [-0.2, -0.15) is 0 Å². The zero-order valence-electron chi connectivity index (χ0n) is 20.9. The fourth-order valence-electron chi connectivity index (χ4n) is 4.55. The fourth-order valence-corrected chi connectivity index (χ4v) is 4.55. The first-order valence-corrected chi connectivity index (χ1v) is 12.4. The molecule has 4 amide bonds. The lowest BCUT2D eigenvalue weighted by Gasteiger charge is -2.29. The van der Waals surface area contributed by atoms with Crippen molar-refractivity contribution in [2.75, 3.05) is 36.5 Å². The van der Waals surface area contributed by atoms with Crippen molar-refractivity contribution >= 4 is 35.0 Å². The molecule has 0 radical (unpaired) electrons. The van der Waals surface area contributed by atoms with Crippen LogP contribution in [0.15, 0.2) is 66.7 Å². The third kappa shape index (κ3) is 5.22. The van der Waals surface area contributed by atoms with Gasteiger partial charge in [0, 0.05) is 24.7 Å². The second-order valence-electron chi connectivity index (χ2n) is 9.14. The molecule has 2 aliphatic heterocycles. The number of nitrogens with one attached hydrogen (secondary N) is 1. The van der Waals surface area contributed by atoms with Crippen LogP contribution in [0.25, 0.3) is 0 Å². The van der Waals surface area contributed by atoms with E-state index in [0.717, 1.165) is 11.3 Å². The van der Waals surface area contributed by atoms with Crippen LogP contribution in [-0.2, 0) is 9.59 Å². The smallest absolute Gasteiger partial charge is 0.265 e. The summed E-state index contributed by atoms with van der Waals surface area (Å²) in [6.07, 6.45) is 0.466. The van der Waals surface area contributed by atoms with E-state index < -0.39 is 0 Å². The van der Waals surface area contributed by atoms with Gasteiger partial charge in [-0.25, -0.2) is 0 Å². The van der Waals surface area contributed by atoms with Crippen LogP contribution in [0.3, 0.4) is 0 Å². The molecule has 9 heteroatoms. The van der Waals surface area contributed by atoms with Crippen molar-refractivity contribution in [2.24, 2.45) is 0 Å². The number of rotatable bonds is 9. The number of amides is 4. The first-order valence-electron chi connectivity index (χ1n) is 12.4. The summed E-state index contributed by atoms with van der Waals surface area (Å²) in [5.74, 6) is 0.144. The molecular formula is C29H27N3O6. The molecule has 3 aromatic carbocycles. The van der Waals surface area contributed by atoms with Crippen LogP contribution in [0.4, 0.5) is 11.4 Å². The van der Waals surface area contributed by atoms with Gasteiger partial charge in [-0.1, -0.05) is 24.3 Å². The number of imide groups is 1. The van der Waals surface area contributed by atoms with Crippen molar-refractivity contribution in [3.63, 3.8) is 0 Å². The highest BCUT2D eigenvalue weighted by molar-refractivity contribution is 6.21. The van der Waals surface area contributed by atoms with Gasteiger partial charge >= 0.3 is 0 Å². The second-order valence-corrected chi connectivity index (χ2v) is 9.14. The van der Waals surface area contributed by atoms with Crippen molar-refractivity contribution in [1.82, 2.24) is 4.90 Å². The van der Waals surface area contributed by atoms with E-state index in [0.29, 0.717) is 47.8 Å². The molecule has 0 aromatic heterocycles. The number of hydrogen-bond acceptors (Lipinski definition) is 6. The van der Waals surface area contributed by atoms with Gasteiger partial charge < -0.3 is 19.7 Å². The van der Waals surface area contributed by atoms with E-state index in [9.17, 15) is 19.2 Å². The SMILES string of the molecule is Cc1cccc(OCCN2C(=O)COc3cc(NC(=O)CCCN4C(=O)c5ccccc5C4=O)ccc32)c1. The fraction of sp³-hybridized carbons (Fsp3) is 0.241. The maximum Gasteiger partial charge on any atom is 0.265 e. The predicted molar refractivity (Wildman–Crippen MR) is 141 cm³/mol. The summed E-state index contributed by atoms with van der Waals surface area (Å²) in [4.78, 5) is 52.7. The lowest BCUT2D eigenvalue weighted by atomic mass is 10.1. The minimum Gasteiger partial charge on any atom is -0.492 e. The van der Waals surface area contributed by atoms with E-state index in [4.69, 9.17) is 9.47 Å². The number of aryl methyl sites for hydroxylation is 1. The minimum atomic E-state index is -0.332. The Morgan fingerprint density at radius 3 is 2.42 bits per heavy atom. The van der Waals surface area contributed by atoms with Crippen molar-refractivity contribution < 1.29 is 28.7 Å². The summed E-state index contributed by atoms with van der Waals surface area (Å²) in [5, 5.41) is 2.82. The first-order chi connectivity index (χ1) is 18.4. The molecule has 194 valence electrons. The Hall–Kier alpha value is -4.66. The Kier molecular flexibility index (Phi) is 7.08. The number of carbonyl (C=O) groups is 4. The van der Waals surface area contributed by atoms with Crippen LogP contribution in [0.1, 0.15) is 39.1 Å². The van der Waals surface area contributed by atoms with E-state index in [1.165, 1.54) is 4.90 Å². The maximum atomic E-state index is 12.5. The topological polar surface area (TPSA) is 105 Å². The third-order valence-electron chi connectivity index (χ3n) is 6.42. The normalized spacial score (nSPS) is 14.2. The molecule has 0 spiro atoms. The zero-order chi connectivity index (χ0) is 26.6. The number of anilines is 2. The molecule has 5 rings (SSSR count). The lowest BCUT2D eigenvalue weighted by molar-refractivity contribution is -0.121. The molecule has 0 saturated heterocycles. The van der Waals surface area contributed by atoms with Gasteiger partial charge in [0.15, 0.2) is 6.61 Å². The predicted octanol–water partition coefficient (Wildman–Crippen LogP) is 3.81. The molecule has 38 heavy (non-hydrogen) atoms. The molecule has 0 aliphatic carbocycles. The Morgan fingerprint density at radius 2 is 1.68 bits per heavy atom. The number of ether oxygens (including phenoxy) is 2. The monoisotopic (exact) mass is 513 g/mol. The Labute approximate surface area is 219 Å². The third-order valence-corrected chi connectivity index (χ3v) is 6.42. The summed E-state index contributed by atoms with van der Waals surface area (Å²) in [7, 11) is 0. The van der Waals surface area contributed by atoms with Gasteiger partial charge in [-0.15, -0.1) is 0 Å². The Bertz CT molecular complexity index is 1380. The van der Waals surface area contributed by atoms with E-state index >= 15 is 0 Å². The molecule has 0 fully saturated rings. The standard InChI is InChI=1S/C29H27N3O6/c1-19-6-4-7-21(16-19)37-15-14-31-24-12-11-20(17-25(24)38-18-27(31)34)30-26(33)10-5-13-32-28(35)22-8-2-3-9-23(22)29(32)36/h2-4,6-9,11-12,16-17H,5,10,13-15,18H2,1H3,(H,30,33). The lowest BCUT2D eigenvalue weighted by Crippen LogP contribution is -2.41. The summed E-state index contributed by atoms with van der Waals surface area (Å²) < 4.78 is 11.4. The van der Waals surface area contributed by atoms with E-state index in [1.54, 1.807) is 47.4 Å². The number of nitrogens with zero attached hydrogens (tertiary/aromatic N) is 2. The molecule has 9 nitrogen and oxygen atoms in total. The Morgan fingerprint density at radius 1 is 0.921 bits per heavy atom. The molecule has 3 aromatic rings. The molecule has 0 unspecified atom stereocenters. The molecule has 0 saturated carbocycles. The second kappa shape index (κ2) is 10.8. The summed E-state index contributed by atoms with van der Waals surface area (Å²) in [6, 6.07) is 19.5. The van der Waals surface area contributed by atoms with Crippen molar-refractivity contribution in [2.45, 2.75) is 19.8 Å². The minimum absolute atomic E-state index is 0.102. The van der Waals surface area contributed by atoms with Gasteiger partial charge in [0.25, 0.3) is 17.7 Å². The highest BCUT2D eigenvalue weighted by Gasteiger charge is 2.34. The van der Waals surface area contributed by atoms with E-state index in [-0.39, 0.29) is 43.2 Å². The molecule has 1 N–H and O–H groups in total. The Balaban J connectivity index is 1.14. The molecule has 2 heterocycles. The van der Waals surface area contributed by atoms with Crippen LogP contribution in [-0.4, -0.2) is 54.8 Å². The highest BCUT2D eigenvalue weighted by atomic mass is 16.5. The quantitative estimate of drug-likeness (QED) is 0.436. The van der Waals surface area contributed by atoms with Gasteiger partial charge in [0.2, 0.25) is 5.91 Å². The maximum absolute atomic E-state index is 12.5. The van der Waals surface area contributed by atoms with Crippen LogP contribution in [0.2, 0.25) is 0 Å². The number of hydrogen-bond donors (Lipinski definition) is 1.